The van der Waals surface area contributed by atoms with Gasteiger partial charge in [-0.15, -0.1) is 11.6 Å². The van der Waals surface area contributed by atoms with Crippen LogP contribution < -0.4 is 0 Å². The molecule has 0 N–H and O–H groups in total. The van der Waals surface area contributed by atoms with E-state index in [4.69, 9.17) is 11.6 Å². The minimum absolute atomic E-state index is 0.376. The lowest BCUT2D eigenvalue weighted by atomic mass is 10.2. The van der Waals surface area contributed by atoms with E-state index in [-0.39, 0.29) is 5.95 Å². The first-order chi connectivity index (χ1) is 7.15. The minimum Gasteiger partial charge on any atom is -0.390 e. The number of hydrogen-bond donors (Lipinski definition) is 0. The topological polar surface area (TPSA) is 73.8 Å². The molecule has 0 aliphatic rings. The molecule has 0 saturated carbocycles. The van der Waals surface area contributed by atoms with Crippen molar-refractivity contribution >= 4 is 33.5 Å². The van der Waals surface area contributed by atoms with Crippen LogP contribution >= 0.6 is 27.5 Å². The average molecular weight is 298 g/mol. The summed E-state index contributed by atoms with van der Waals surface area (Å²) in [5.74, 6) is 0.262. The highest BCUT2D eigenvalue weighted by molar-refractivity contribution is 9.10. The first kappa shape index (κ1) is 12.4. The Hall–Kier alpha value is -0.690. The Balaban J connectivity index is 2.50. The van der Waals surface area contributed by atoms with Gasteiger partial charge < -0.3 is 10.1 Å². The van der Waals surface area contributed by atoms with Gasteiger partial charge in [-0.3, -0.25) is 0 Å². The lowest BCUT2D eigenvalue weighted by molar-refractivity contribution is -0.394. The molecule has 0 bridgehead atoms. The third-order valence-electron chi connectivity index (χ3n) is 1.78. The summed E-state index contributed by atoms with van der Waals surface area (Å²) in [5.41, 5.74) is 0. The molecule has 15 heavy (non-hydrogen) atoms. The summed E-state index contributed by atoms with van der Waals surface area (Å²) in [5, 5.41) is 14.1. The van der Waals surface area contributed by atoms with Gasteiger partial charge >= 0.3 is 5.95 Å². The number of nitrogens with zero attached hydrogens (tertiary/aromatic N) is 4. The molecule has 0 radical (unpaired) electrons. The number of rotatable bonds is 6. The monoisotopic (exact) mass is 296 g/mol. The summed E-state index contributed by atoms with van der Waals surface area (Å²) in [6, 6.07) is 0. The lowest BCUT2D eigenvalue weighted by Gasteiger charge is -1.96. The van der Waals surface area contributed by atoms with Crippen molar-refractivity contribution in [3.63, 3.8) is 0 Å². The van der Waals surface area contributed by atoms with E-state index in [1.807, 2.05) is 0 Å². The lowest BCUT2D eigenvalue weighted by Crippen LogP contribution is -2.01. The number of aromatic nitrogens is 3. The van der Waals surface area contributed by atoms with E-state index in [0.29, 0.717) is 17.2 Å². The fourth-order valence-electron chi connectivity index (χ4n) is 1.06. The minimum atomic E-state index is -0.611. The Morgan fingerprint density at radius 3 is 2.73 bits per heavy atom. The molecule has 0 atom stereocenters. The van der Waals surface area contributed by atoms with E-state index in [0.717, 1.165) is 19.3 Å². The van der Waals surface area contributed by atoms with Crippen molar-refractivity contribution in [1.82, 2.24) is 14.8 Å². The fraction of sp³-hybridized carbons (Fsp3) is 0.714. The highest BCUT2D eigenvalue weighted by Crippen LogP contribution is 2.13. The van der Waals surface area contributed by atoms with Crippen LogP contribution in [0.3, 0.4) is 0 Å². The maximum atomic E-state index is 10.4. The summed E-state index contributed by atoms with van der Waals surface area (Å²) in [6.45, 7) is 0.609. The summed E-state index contributed by atoms with van der Waals surface area (Å²) >= 11 is 8.64. The third kappa shape index (κ3) is 3.75. The third-order valence-corrected chi connectivity index (χ3v) is 2.64. The highest BCUT2D eigenvalue weighted by atomic mass is 79.9. The van der Waals surface area contributed by atoms with E-state index in [1.165, 1.54) is 4.68 Å². The van der Waals surface area contributed by atoms with Crippen LogP contribution in [0.2, 0.25) is 0 Å². The van der Waals surface area contributed by atoms with Crippen molar-refractivity contribution in [2.24, 2.45) is 0 Å². The van der Waals surface area contributed by atoms with E-state index >= 15 is 0 Å². The van der Waals surface area contributed by atoms with Gasteiger partial charge in [-0.1, -0.05) is 6.42 Å². The normalized spacial score (nSPS) is 10.5. The largest absolute Gasteiger partial charge is 0.492 e. The van der Waals surface area contributed by atoms with Crippen molar-refractivity contribution in [3.05, 3.63) is 14.8 Å². The van der Waals surface area contributed by atoms with Crippen LogP contribution in [-0.2, 0) is 6.54 Å². The molecule has 8 heteroatoms. The van der Waals surface area contributed by atoms with Crippen LogP contribution in [-0.4, -0.2) is 25.6 Å². The fourth-order valence-corrected chi connectivity index (χ4v) is 1.67. The summed E-state index contributed by atoms with van der Waals surface area (Å²) in [4.78, 5) is 13.4. The van der Waals surface area contributed by atoms with Crippen molar-refractivity contribution in [1.29, 1.82) is 0 Å². The number of aryl methyl sites for hydroxylation is 1. The maximum Gasteiger partial charge on any atom is 0.492 e. The number of nitro groups is 1. The van der Waals surface area contributed by atoms with Crippen LogP contribution in [0.1, 0.15) is 19.3 Å². The molecule has 6 nitrogen and oxygen atoms in total. The summed E-state index contributed by atoms with van der Waals surface area (Å²) in [7, 11) is 0. The second-order valence-electron chi connectivity index (χ2n) is 2.91. The van der Waals surface area contributed by atoms with Gasteiger partial charge in [0.1, 0.15) is 0 Å². The van der Waals surface area contributed by atoms with Crippen LogP contribution in [0.15, 0.2) is 4.73 Å². The smallest absolute Gasteiger partial charge is 0.390 e. The molecule has 0 spiro atoms. The number of alkyl halides is 1. The summed E-state index contributed by atoms with van der Waals surface area (Å²) < 4.78 is 1.87. The van der Waals surface area contributed by atoms with Gasteiger partial charge in [0.15, 0.2) is 0 Å². The van der Waals surface area contributed by atoms with Gasteiger partial charge in [-0.05, 0) is 22.7 Å². The number of unbranched alkanes of at least 4 members (excludes halogenated alkanes) is 2. The first-order valence-corrected chi connectivity index (χ1v) is 5.78. The molecule has 0 unspecified atom stereocenters. The summed E-state index contributed by atoms with van der Waals surface area (Å²) in [6.07, 6.45) is 2.80. The quantitative estimate of drug-likeness (QED) is 0.350. The molecule has 1 heterocycles. The standard InChI is InChI=1S/C7H10BrClN4O2/c8-6-10-7(13(14)15)11-12(6)5-3-1-2-4-9/h1-5H2. The second-order valence-corrected chi connectivity index (χ2v) is 4.00. The average Bonchev–Trinajstić information content (AvgIpc) is 2.55. The molecule has 0 fully saturated rings. The predicted molar refractivity (Wildman–Crippen MR) is 58.9 cm³/mol. The molecule has 0 aliphatic heterocycles. The Kier molecular flexibility index (Phi) is 4.97. The Bertz CT molecular complexity index is 344. The van der Waals surface area contributed by atoms with Gasteiger partial charge in [-0.2, -0.15) is 4.68 Å². The van der Waals surface area contributed by atoms with Crippen molar-refractivity contribution < 1.29 is 4.92 Å². The zero-order valence-electron chi connectivity index (χ0n) is 7.90. The maximum absolute atomic E-state index is 10.4. The van der Waals surface area contributed by atoms with Crippen molar-refractivity contribution in [2.75, 3.05) is 5.88 Å². The van der Waals surface area contributed by atoms with Crippen molar-refractivity contribution in [2.45, 2.75) is 25.8 Å². The van der Waals surface area contributed by atoms with E-state index in [1.54, 1.807) is 0 Å². The molecular weight excluding hydrogens is 287 g/mol. The Morgan fingerprint density at radius 1 is 1.47 bits per heavy atom. The van der Waals surface area contributed by atoms with E-state index in [9.17, 15) is 10.1 Å². The van der Waals surface area contributed by atoms with Crippen molar-refractivity contribution in [3.8, 4) is 0 Å². The van der Waals surface area contributed by atoms with Crippen LogP contribution in [0, 0.1) is 10.1 Å². The highest BCUT2D eigenvalue weighted by Gasteiger charge is 2.18. The van der Waals surface area contributed by atoms with Gasteiger partial charge in [0, 0.05) is 26.9 Å². The molecule has 0 aromatic carbocycles. The molecule has 84 valence electrons. The zero-order valence-corrected chi connectivity index (χ0v) is 10.2. The van der Waals surface area contributed by atoms with Crippen LogP contribution in [0.5, 0.6) is 0 Å². The molecule has 0 saturated heterocycles. The Morgan fingerprint density at radius 2 is 2.20 bits per heavy atom. The van der Waals surface area contributed by atoms with Gasteiger partial charge in [0.05, 0.1) is 6.54 Å². The van der Waals surface area contributed by atoms with Gasteiger partial charge in [-0.25, -0.2) is 0 Å². The molecular formula is C7H10BrClN4O2. The molecule has 1 rings (SSSR count). The number of halogens is 2. The Labute approximate surface area is 99.9 Å². The first-order valence-electron chi connectivity index (χ1n) is 4.46. The molecule has 1 aromatic heterocycles. The zero-order chi connectivity index (χ0) is 11.3. The van der Waals surface area contributed by atoms with Gasteiger partial charge in [0.25, 0.3) is 4.73 Å². The molecule has 0 amide bonds. The SMILES string of the molecule is O=[N+]([O-])c1nc(Br)n(CCCCCCl)n1. The number of hydrogen-bond acceptors (Lipinski definition) is 4. The van der Waals surface area contributed by atoms with E-state index in [2.05, 4.69) is 26.0 Å². The van der Waals surface area contributed by atoms with Crippen LogP contribution in [0.4, 0.5) is 5.95 Å². The van der Waals surface area contributed by atoms with Crippen LogP contribution in [0.25, 0.3) is 0 Å². The predicted octanol–water partition coefficient (Wildman–Crippen LogP) is 2.36. The molecule has 1 aromatic rings. The molecule has 0 aliphatic carbocycles. The second kappa shape index (κ2) is 6.02. The van der Waals surface area contributed by atoms with E-state index < -0.39 is 4.92 Å². The van der Waals surface area contributed by atoms with Gasteiger partial charge in [0.2, 0.25) is 0 Å².